The van der Waals surface area contributed by atoms with E-state index in [9.17, 15) is 17.2 Å². The predicted octanol–water partition coefficient (Wildman–Crippen LogP) is 2.73. The smallest absolute Gasteiger partial charge is 0.342 e. The molecule has 0 saturated heterocycles. The van der Waals surface area contributed by atoms with Crippen LogP contribution in [0.5, 0.6) is 5.75 Å². The van der Waals surface area contributed by atoms with Crippen molar-refractivity contribution >= 4 is 10.1 Å². The van der Waals surface area contributed by atoms with Gasteiger partial charge in [0, 0.05) is 6.07 Å². The number of hydrogen-bond donors (Lipinski definition) is 0. The van der Waals surface area contributed by atoms with E-state index in [2.05, 4.69) is 0 Å². The van der Waals surface area contributed by atoms with Gasteiger partial charge in [0.1, 0.15) is 22.3 Å². The first-order valence-corrected chi connectivity index (χ1v) is 6.34. The highest BCUT2D eigenvalue weighted by Crippen LogP contribution is 2.20. The fourth-order valence-electron chi connectivity index (χ4n) is 1.33. The van der Waals surface area contributed by atoms with Gasteiger partial charge in [0.05, 0.1) is 0 Å². The minimum absolute atomic E-state index is 0.0567. The van der Waals surface area contributed by atoms with E-state index in [1.54, 1.807) is 18.2 Å². The molecule has 0 heterocycles. The van der Waals surface area contributed by atoms with Gasteiger partial charge in [-0.15, -0.1) is 0 Å². The zero-order chi connectivity index (χ0) is 13.2. The molecule has 0 aromatic heterocycles. The molecule has 0 fully saturated rings. The molecule has 0 aliphatic heterocycles. The minimum Gasteiger partial charge on any atom is -0.379 e. The van der Waals surface area contributed by atoms with E-state index < -0.39 is 26.6 Å². The van der Waals surface area contributed by atoms with Gasteiger partial charge in [0.25, 0.3) is 0 Å². The molecular formula is C12H8F2O3S. The highest BCUT2D eigenvalue weighted by Gasteiger charge is 2.21. The molecule has 6 heteroatoms. The Morgan fingerprint density at radius 2 is 1.61 bits per heavy atom. The third kappa shape index (κ3) is 2.65. The molecule has 2 rings (SSSR count). The maximum atomic E-state index is 13.3. The number of hydrogen-bond acceptors (Lipinski definition) is 3. The zero-order valence-corrected chi connectivity index (χ0v) is 9.82. The summed E-state index contributed by atoms with van der Waals surface area (Å²) in [6.45, 7) is 0. The van der Waals surface area contributed by atoms with Gasteiger partial charge in [0.2, 0.25) is 0 Å². The van der Waals surface area contributed by atoms with E-state index in [0.717, 1.165) is 12.1 Å². The van der Waals surface area contributed by atoms with Crippen LogP contribution in [-0.2, 0) is 10.1 Å². The SMILES string of the molecule is O=S(=O)(Oc1ccccc1)c1ccc(F)cc1F. The molecule has 0 aliphatic carbocycles. The van der Waals surface area contributed by atoms with E-state index in [-0.39, 0.29) is 5.75 Å². The Kier molecular flexibility index (Phi) is 3.29. The van der Waals surface area contributed by atoms with E-state index in [0.29, 0.717) is 6.07 Å². The number of halogens is 2. The number of benzene rings is 2. The van der Waals surface area contributed by atoms with E-state index in [1.807, 2.05) is 0 Å². The maximum absolute atomic E-state index is 13.3. The minimum atomic E-state index is -4.30. The monoisotopic (exact) mass is 270 g/mol. The Morgan fingerprint density at radius 1 is 0.944 bits per heavy atom. The Labute approximate surface area is 103 Å². The molecule has 0 N–H and O–H groups in total. The van der Waals surface area contributed by atoms with Crippen molar-refractivity contribution in [1.82, 2.24) is 0 Å². The molecule has 94 valence electrons. The summed E-state index contributed by atoms with van der Waals surface area (Å²) in [7, 11) is -4.30. The van der Waals surface area contributed by atoms with Gasteiger partial charge in [-0.1, -0.05) is 18.2 Å². The number of para-hydroxylation sites is 1. The molecule has 0 radical (unpaired) electrons. The van der Waals surface area contributed by atoms with Gasteiger partial charge in [0.15, 0.2) is 0 Å². The van der Waals surface area contributed by atoms with E-state index in [4.69, 9.17) is 4.18 Å². The zero-order valence-electron chi connectivity index (χ0n) is 9.01. The lowest BCUT2D eigenvalue weighted by atomic mass is 10.3. The lowest BCUT2D eigenvalue weighted by molar-refractivity contribution is 0.474. The third-order valence-electron chi connectivity index (χ3n) is 2.11. The first kappa shape index (κ1) is 12.5. The van der Waals surface area contributed by atoms with Crippen LogP contribution in [0.2, 0.25) is 0 Å². The second-order valence-electron chi connectivity index (χ2n) is 3.43. The van der Waals surface area contributed by atoms with Crippen LogP contribution in [-0.4, -0.2) is 8.42 Å². The molecule has 2 aromatic carbocycles. The summed E-state index contributed by atoms with van der Waals surface area (Å²) in [5.41, 5.74) is 0. The van der Waals surface area contributed by atoms with Crippen LogP contribution in [0.15, 0.2) is 53.4 Å². The van der Waals surface area contributed by atoms with Crippen LogP contribution in [0, 0.1) is 11.6 Å². The average molecular weight is 270 g/mol. The Hall–Kier alpha value is -1.95. The van der Waals surface area contributed by atoms with Gasteiger partial charge >= 0.3 is 10.1 Å². The summed E-state index contributed by atoms with van der Waals surface area (Å²) < 4.78 is 54.3. The lowest BCUT2D eigenvalue weighted by Gasteiger charge is -2.07. The van der Waals surface area contributed by atoms with E-state index in [1.165, 1.54) is 12.1 Å². The first-order chi connectivity index (χ1) is 8.49. The van der Waals surface area contributed by atoms with Crippen molar-refractivity contribution in [1.29, 1.82) is 0 Å². The Balaban J connectivity index is 2.37. The predicted molar refractivity (Wildman–Crippen MR) is 60.6 cm³/mol. The summed E-state index contributed by atoms with van der Waals surface area (Å²) >= 11 is 0. The van der Waals surface area contributed by atoms with Crippen LogP contribution >= 0.6 is 0 Å². The fraction of sp³-hybridized carbons (Fsp3) is 0. The normalized spacial score (nSPS) is 11.2. The van der Waals surface area contributed by atoms with Crippen LogP contribution in [0.1, 0.15) is 0 Å². The lowest BCUT2D eigenvalue weighted by Crippen LogP contribution is -2.11. The quantitative estimate of drug-likeness (QED) is 0.805. The molecule has 0 amide bonds. The van der Waals surface area contributed by atoms with Crippen molar-refractivity contribution in [3.63, 3.8) is 0 Å². The molecule has 18 heavy (non-hydrogen) atoms. The molecule has 3 nitrogen and oxygen atoms in total. The van der Waals surface area contributed by atoms with Gasteiger partial charge in [-0.05, 0) is 24.3 Å². The molecule has 0 bridgehead atoms. The Morgan fingerprint density at radius 3 is 2.22 bits per heavy atom. The number of rotatable bonds is 3. The Bertz CT molecular complexity index is 654. The maximum Gasteiger partial charge on any atom is 0.342 e. The van der Waals surface area contributed by atoms with Crippen LogP contribution in [0.3, 0.4) is 0 Å². The first-order valence-electron chi connectivity index (χ1n) is 4.93. The van der Waals surface area contributed by atoms with Crippen molar-refractivity contribution in [2.45, 2.75) is 4.90 Å². The van der Waals surface area contributed by atoms with Gasteiger partial charge in [-0.25, -0.2) is 8.78 Å². The molecule has 2 aromatic rings. The summed E-state index contributed by atoms with van der Waals surface area (Å²) in [5, 5.41) is 0. The summed E-state index contributed by atoms with van der Waals surface area (Å²) in [6.07, 6.45) is 0. The molecule has 0 atom stereocenters. The summed E-state index contributed by atoms with van der Waals surface area (Å²) in [5.74, 6) is -1.99. The highest BCUT2D eigenvalue weighted by atomic mass is 32.2. The average Bonchev–Trinajstić information content (AvgIpc) is 2.29. The largest absolute Gasteiger partial charge is 0.379 e. The fourth-order valence-corrected chi connectivity index (χ4v) is 2.31. The summed E-state index contributed by atoms with van der Waals surface area (Å²) in [6, 6.07) is 9.82. The molecule has 0 unspecified atom stereocenters. The molecule has 0 saturated carbocycles. The van der Waals surface area contributed by atoms with Crippen molar-refractivity contribution in [3.05, 3.63) is 60.2 Å². The third-order valence-corrected chi connectivity index (χ3v) is 3.39. The van der Waals surface area contributed by atoms with Gasteiger partial charge in [-0.3, -0.25) is 0 Å². The second-order valence-corrected chi connectivity index (χ2v) is 4.94. The second kappa shape index (κ2) is 4.73. The van der Waals surface area contributed by atoms with Crippen molar-refractivity contribution in [2.75, 3.05) is 0 Å². The van der Waals surface area contributed by atoms with Gasteiger partial charge < -0.3 is 4.18 Å². The van der Waals surface area contributed by atoms with Gasteiger partial charge in [-0.2, -0.15) is 8.42 Å². The summed E-state index contributed by atoms with van der Waals surface area (Å²) in [4.78, 5) is -0.701. The van der Waals surface area contributed by atoms with Crippen molar-refractivity contribution < 1.29 is 21.4 Å². The van der Waals surface area contributed by atoms with Crippen molar-refractivity contribution in [3.8, 4) is 5.75 Å². The van der Waals surface area contributed by atoms with Crippen LogP contribution in [0.4, 0.5) is 8.78 Å². The molecular weight excluding hydrogens is 262 g/mol. The highest BCUT2D eigenvalue weighted by molar-refractivity contribution is 7.87. The van der Waals surface area contributed by atoms with Crippen LogP contribution in [0.25, 0.3) is 0 Å². The van der Waals surface area contributed by atoms with E-state index >= 15 is 0 Å². The standard InChI is InChI=1S/C12H8F2O3S/c13-9-6-7-12(11(14)8-9)18(15,16)17-10-4-2-1-3-5-10/h1-8H. The topological polar surface area (TPSA) is 43.4 Å². The molecule has 0 spiro atoms. The van der Waals surface area contributed by atoms with Crippen molar-refractivity contribution in [2.24, 2.45) is 0 Å². The molecule has 0 aliphatic rings. The van der Waals surface area contributed by atoms with Crippen LogP contribution < -0.4 is 4.18 Å².